The van der Waals surface area contributed by atoms with Crippen LogP contribution in [0.5, 0.6) is 0 Å². The van der Waals surface area contributed by atoms with E-state index in [1.807, 2.05) is 0 Å². The fourth-order valence-electron chi connectivity index (χ4n) is 1.95. The molecule has 2 nitrogen and oxygen atoms in total. The molecule has 1 fully saturated rings. The zero-order chi connectivity index (χ0) is 11.7. The molecular formula is C11H12Cl3NO. The minimum Gasteiger partial charge on any atom is -0.396 e. The van der Waals surface area contributed by atoms with Gasteiger partial charge < -0.3 is 10.0 Å². The molecule has 1 saturated heterocycles. The summed E-state index contributed by atoms with van der Waals surface area (Å²) in [5.41, 5.74) is 0.895. The number of hydrogen-bond donors (Lipinski definition) is 1. The van der Waals surface area contributed by atoms with Crippen LogP contribution in [0.1, 0.15) is 6.42 Å². The molecule has 0 saturated carbocycles. The Kier molecular flexibility index (Phi) is 3.85. The lowest BCUT2D eigenvalue weighted by molar-refractivity contribution is 0.238. The Bertz CT molecular complexity index is 397. The van der Waals surface area contributed by atoms with Gasteiger partial charge in [0, 0.05) is 25.6 Å². The van der Waals surface area contributed by atoms with Crippen molar-refractivity contribution in [2.45, 2.75) is 6.42 Å². The highest BCUT2D eigenvalue weighted by Gasteiger charge is 2.23. The maximum atomic E-state index is 9.09. The van der Waals surface area contributed by atoms with Gasteiger partial charge in [-0.2, -0.15) is 0 Å². The lowest BCUT2D eigenvalue weighted by Gasteiger charge is -2.20. The molecule has 0 bridgehead atoms. The molecule has 0 radical (unpaired) electrons. The largest absolute Gasteiger partial charge is 0.396 e. The van der Waals surface area contributed by atoms with Crippen molar-refractivity contribution in [1.29, 1.82) is 0 Å². The highest BCUT2D eigenvalue weighted by Crippen LogP contribution is 2.36. The predicted octanol–water partition coefficient (Wildman–Crippen LogP) is 3.47. The SMILES string of the molecule is OCC1CCN(c2cc(Cl)c(Cl)cc2Cl)C1. The molecule has 0 aliphatic carbocycles. The van der Waals surface area contributed by atoms with Gasteiger partial charge in [-0.15, -0.1) is 0 Å². The molecular weight excluding hydrogens is 268 g/mol. The number of benzene rings is 1. The summed E-state index contributed by atoms with van der Waals surface area (Å²) < 4.78 is 0. The van der Waals surface area contributed by atoms with Gasteiger partial charge in [0.15, 0.2) is 0 Å². The molecule has 1 aliphatic rings. The summed E-state index contributed by atoms with van der Waals surface area (Å²) in [5, 5.41) is 10.7. The van der Waals surface area contributed by atoms with E-state index in [-0.39, 0.29) is 6.61 Å². The van der Waals surface area contributed by atoms with Crippen LogP contribution in [0.2, 0.25) is 15.1 Å². The van der Waals surface area contributed by atoms with Gasteiger partial charge in [0.2, 0.25) is 0 Å². The summed E-state index contributed by atoms with van der Waals surface area (Å²) in [4.78, 5) is 2.13. The van der Waals surface area contributed by atoms with E-state index < -0.39 is 0 Å². The lowest BCUT2D eigenvalue weighted by Crippen LogP contribution is -2.20. The highest BCUT2D eigenvalue weighted by molar-refractivity contribution is 6.44. The number of rotatable bonds is 2. The third-order valence-corrected chi connectivity index (χ3v) is 3.90. The molecule has 1 atom stereocenters. The maximum absolute atomic E-state index is 9.09. The van der Waals surface area contributed by atoms with Crippen LogP contribution in [0.15, 0.2) is 12.1 Å². The van der Waals surface area contributed by atoms with Gasteiger partial charge in [0.1, 0.15) is 0 Å². The predicted molar refractivity (Wildman–Crippen MR) is 68.9 cm³/mol. The number of hydrogen-bond acceptors (Lipinski definition) is 2. The van der Waals surface area contributed by atoms with Gasteiger partial charge in [-0.3, -0.25) is 0 Å². The molecule has 1 aliphatic heterocycles. The fraction of sp³-hybridized carbons (Fsp3) is 0.455. The number of halogens is 3. The topological polar surface area (TPSA) is 23.5 Å². The molecule has 2 rings (SSSR count). The van der Waals surface area contributed by atoms with Gasteiger partial charge in [0.05, 0.1) is 20.8 Å². The Hall–Kier alpha value is -0.150. The second kappa shape index (κ2) is 5.01. The van der Waals surface area contributed by atoms with E-state index in [4.69, 9.17) is 39.9 Å². The first-order chi connectivity index (χ1) is 7.61. The minimum atomic E-state index is 0.218. The molecule has 88 valence electrons. The highest BCUT2D eigenvalue weighted by atomic mass is 35.5. The van der Waals surface area contributed by atoms with E-state index in [0.717, 1.165) is 25.2 Å². The van der Waals surface area contributed by atoms with Crippen molar-refractivity contribution in [3.63, 3.8) is 0 Å². The fourth-order valence-corrected chi connectivity index (χ4v) is 2.62. The minimum absolute atomic E-state index is 0.218. The van der Waals surface area contributed by atoms with Crippen LogP contribution in [0.25, 0.3) is 0 Å². The third kappa shape index (κ3) is 2.40. The normalized spacial score (nSPS) is 20.5. The maximum Gasteiger partial charge on any atom is 0.0655 e. The second-order valence-corrected chi connectivity index (χ2v) is 5.22. The standard InChI is InChI=1S/C11H12Cl3NO/c12-8-3-10(14)11(4-9(8)13)15-2-1-7(5-15)6-16/h3-4,7,16H,1-2,5-6H2. The van der Waals surface area contributed by atoms with Crippen molar-refractivity contribution in [1.82, 2.24) is 0 Å². The summed E-state index contributed by atoms with van der Waals surface area (Å²) in [7, 11) is 0. The Labute approximate surface area is 110 Å². The van der Waals surface area contributed by atoms with Crippen LogP contribution in [-0.2, 0) is 0 Å². The average Bonchev–Trinajstić information content (AvgIpc) is 2.71. The molecule has 1 N–H and O–H groups in total. The zero-order valence-electron chi connectivity index (χ0n) is 8.59. The number of aliphatic hydroxyl groups excluding tert-OH is 1. The quantitative estimate of drug-likeness (QED) is 0.839. The summed E-state index contributed by atoms with van der Waals surface area (Å²) in [5.74, 6) is 0.325. The van der Waals surface area contributed by atoms with Crippen LogP contribution in [-0.4, -0.2) is 24.8 Å². The average molecular weight is 281 g/mol. The second-order valence-electron chi connectivity index (χ2n) is 4.00. The third-order valence-electron chi connectivity index (χ3n) is 2.87. The summed E-state index contributed by atoms with van der Waals surface area (Å²) >= 11 is 18.0. The Balaban J connectivity index is 2.24. The van der Waals surface area contributed by atoms with E-state index in [9.17, 15) is 0 Å². The van der Waals surface area contributed by atoms with Gasteiger partial charge in [-0.25, -0.2) is 0 Å². The molecule has 1 unspecified atom stereocenters. The van der Waals surface area contributed by atoms with E-state index in [2.05, 4.69) is 4.90 Å². The van der Waals surface area contributed by atoms with Gasteiger partial charge in [-0.1, -0.05) is 34.8 Å². The van der Waals surface area contributed by atoms with Crippen molar-refractivity contribution >= 4 is 40.5 Å². The molecule has 0 amide bonds. The first kappa shape index (κ1) is 12.3. The first-order valence-corrected chi connectivity index (χ1v) is 6.25. The van der Waals surface area contributed by atoms with E-state index in [0.29, 0.717) is 21.0 Å². The lowest BCUT2D eigenvalue weighted by atomic mass is 10.1. The number of nitrogens with zero attached hydrogens (tertiary/aromatic N) is 1. The van der Waals surface area contributed by atoms with Crippen LogP contribution in [0.4, 0.5) is 5.69 Å². The number of aliphatic hydroxyl groups is 1. The zero-order valence-corrected chi connectivity index (χ0v) is 10.9. The van der Waals surface area contributed by atoms with Crippen LogP contribution >= 0.6 is 34.8 Å². The molecule has 5 heteroatoms. The van der Waals surface area contributed by atoms with Crippen molar-refractivity contribution in [2.75, 3.05) is 24.6 Å². The number of anilines is 1. The Morgan fingerprint density at radius 2 is 1.88 bits per heavy atom. The molecule has 1 heterocycles. The van der Waals surface area contributed by atoms with Gasteiger partial charge in [-0.05, 0) is 18.6 Å². The Morgan fingerprint density at radius 1 is 1.19 bits per heavy atom. The van der Waals surface area contributed by atoms with Crippen LogP contribution in [0.3, 0.4) is 0 Å². The van der Waals surface area contributed by atoms with Crippen molar-refractivity contribution in [2.24, 2.45) is 5.92 Å². The van der Waals surface area contributed by atoms with Gasteiger partial charge in [0.25, 0.3) is 0 Å². The van der Waals surface area contributed by atoms with Crippen LogP contribution < -0.4 is 4.90 Å². The molecule has 0 spiro atoms. The first-order valence-electron chi connectivity index (χ1n) is 5.12. The molecule has 0 aromatic heterocycles. The van der Waals surface area contributed by atoms with Crippen molar-refractivity contribution in [3.05, 3.63) is 27.2 Å². The summed E-state index contributed by atoms with van der Waals surface area (Å²) in [6.45, 7) is 1.92. The van der Waals surface area contributed by atoms with E-state index in [1.54, 1.807) is 12.1 Å². The Morgan fingerprint density at radius 3 is 2.50 bits per heavy atom. The van der Waals surface area contributed by atoms with Gasteiger partial charge >= 0.3 is 0 Å². The van der Waals surface area contributed by atoms with E-state index in [1.165, 1.54) is 0 Å². The molecule has 1 aromatic rings. The van der Waals surface area contributed by atoms with Crippen LogP contribution in [0, 0.1) is 5.92 Å². The van der Waals surface area contributed by atoms with Crippen molar-refractivity contribution < 1.29 is 5.11 Å². The monoisotopic (exact) mass is 279 g/mol. The summed E-state index contributed by atoms with van der Waals surface area (Å²) in [6, 6.07) is 3.44. The van der Waals surface area contributed by atoms with E-state index >= 15 is 0 Å². The smallest absolute Gasteiger partial charge is 0.0655 e. The van der Waals surface area contributed by atoms with Crippen molar-refractivity contribution in [3.8, 4) is 0 Å². The molecule has 1 aromatic carbocycles. The molecule has 16 heavy (non-hydrogen) atoms. The summed E-state index contributed by atoms with van der Waals surface area (Å²) in [6.07, 6.45) is 0.979.